The average Bonchev–Trinajstić information content (AvgIpc) is 2.70. The standard InChI is InChI=1S/C22H20O8/c1-3-22(29)8-13(24)15-10(17(22)21(28)30-2)7-11-16(20(15)27)19(26)14-9(18(11)25)5-4-6-12(14)23/h4-7,13,17,23-24,27,29H,3,8H2,1-2H3/t13-,17-,22+/m0/s1. The minimum atomic E-state index is -1.67. The van der Waals surface area contributed by atoms with E-state index in [1.54, 1.807) is 6.92 Å². The van der Waals surface area contributed by atoms with Gasteiger partial charge >= 0.3 is 5.97 Å². The normalized spacial score (nSPS) is 24.7. The summed E-state index contributed by atoms with van der Waals surface area (Å²) >= 11 is 0. The molecule has 0 saturated heterocycles. The first-order valence-corrected chi connectivity index (χ1v) is 9.45. The van der Waals surface area contributed by atoms with E-state index in [0.29, 0.717) is 0 Å². The molecule has 0 radical (unpaired) electrons. The van der Waals surface area contributed by atoms with Crippen molar-refractivity contribution in [1.82, 2.24) is 0 Å². The molecule has 8 heteroatoms. The van der Waals surface area contributed by atoms with Crippen molar-refractivity contribution in [3.05, 3.63) is 57.6 Å². The number of carbonyl (C=O) groups is 3. The monoisotopic (exact) mass is 412 g/mol. The molecule has 2 aromatic rings. The van der Waals surface area contributed by atoms with Crippen LogP contribution in [0.2, 0.25) is 0 Å². The van der Waals surface area contributed by atoms with Crippen LogP contribution in [-0.2, 0) is 9.53 Å². The van der Waals surface area contributed by atoms with Gasteiger partial charge in [0, 0.05) is 23.1 Å². The molecule has 4 rings (SSSR count). The Bertz CT molecular complexity index is 1120. The van der Waals surface area contributed by atoms with E-state index in [9.17, 15) is 34.8 Å². The lowest BCUT2D eigenvalue weighted by molar-refractivity contribution is -0.153. The number of fused-ring (bicyclic) bond motifs is 3. The summed E-state index contributed by atoms with van der Waals surface area (Å²) in [5.74, 6) is -4.50. The zero-order valence-corrected chi connectivity index (χ0v) is 16.3. The SMILES string of the molecule is CC[C@@]1(O)C[C@H](O)c2c(cc3c(c2O)C(=O)c2c(O)cccc2C3=O)[C@H]1C(=O)OC. The Morgan fingerprint density at radius 1 is 1.17 bits per heavy atom. The van der Waals surface area contributed by atoms with Gasteiger partial charge in [0.25, 0.3) is 0 Å². The Morgan fingerprint density at radius 2 is 1.87 bits per heavy atom. The second-order valence-electron chi connectivity index (χ2n) is 7.64. The van der Waals surface area contributed by atoms with Crippen LogP contribution in [0.4, 0.5) is 0 Å². The number of phenols is 2. The third-order valence-corrected chi connectivity index (χ3v) is 6.14. The van der Waals surface area contributed by atoms with E-state index in [1.807, 2.05) is 0 Å². The van der Waals surface area contributed by atoms with Crippen LogP contribution in [0.5, 0.6) is 11.5 Å². The molecule has 0 saturated carbocycles. The molecule has 0 aliphatic heterocycles. The maximum atomic E-state index is 13.1. The van der Waals surface area contributed by atoms with Crippen molar-refractivity contribution in [2.75, 3.05) is 7.11 Å². The minimum absolute atomic E-state index is 0.0333. The highest BCUT2D eigenvalue weighted by molar-refractivity contribution is 6.30. The topological polar surface area (TPSA) is 141 Å². The van der Waals surface area contributed by atoms with E-state index in [0.717, 1.165) is 7.11 Å². The van der Waals surface area contributed by atoms with E-state index >= 15 is 0 Å². The molecule has 0 fully saturated rings. The lowest BCUT2D eigenvalue weighted by atomic mass is 9.67. The van der Waals surface area contributed by atoms with E-state index in [2.05, 4.69) is 0 Å². The number of benzene rings is 2. The number of ketones is 2. The summed E-state index contributed by atoms with van der Waals surface area (Å²) < 4.78 is 4.84. The van der Waals surface area contributed by atoms with Crippen molar-refractivity contribution in [1.29, 1.82) is 0 Å². The highest BCUT2D eigenvalue weighted by atomic mass is 16.5. The smallest absolute Gasteiger partial charge is 0.316 e. The molecule has 0 unspecified atom stereocenters. The summed E-state index contributed by atoms with van der Waals surface area (Å²) in [7, 11) is 1.15. The Balaban J connectivity index is 2.05. The van der Waals surface area contributed by atoms with Crippen LogP contribution in [0, 0.1) is 0 Å². The van der Waals surface area contributed by atoms with Crippen LogP contribution < -0.4 is 0 Å². The number of carbonyl (C=O) groups excluding carboxylic acids is 3. The first kappa shape index (κ1) is 20.1. The highest BCUT2D eigenvalue weighted by Crippen LogP contribution is 2.52. The van der Waals surface area contributed by atoms with E-state index < -0.39 is 46.7 Å². The van der Waals surface area contributed by atoms with Gasteiger partial charge in [0.2, 0.25) is 5.78 Å². The largest absolute Gasteiger partial charge is 0.507 e. The lowest BCUT2D eigenvalue weighted by Crippen LogP contribution is -2.46. The molecule has 0 amide bonds. The molecule has 0 spiro atoms. The fourth-order valence-corrected chi connectivity index (χ4v) is 4.60. The maximum Gasteiger partial charge on any atom is 0.316 e. The van der Waals surface area contributed by atoms with Crippen LogP contribution in [0.3, 0.4) is 0 Å². The van der Waals surface area contributed by atoms with Gasteiger partial charge in [-0.05, 0) is 24.1 Å². The van der Waals surface area contributed by atoms with Crippen molar-refractivity contribution >= 4 is 17.5 Å². The van der Waals surface area contributed by atoms with Gasteiger partial charge in [-0.25, -0.2) is 0 Å². The van der Waals surface area contributed by atoms with Crippen LogP contribution in [0.15, 0.2) is 24.3 Å². The first-order chi connectivity index (χ1) is 14.2. The first-order valence-electron chi connectivity index (χ1n) is 9.45. The van der Waals surface area contributed by atoms with E-state index in [1.165, 1.54) is 24.3 Å². The van der Waals surface area contributed by atoms with Crippen molar-refractivity contribution in [2.45, 2.75) is 37.4 Å². The summed E-state index contributed by atoms with van der Waals surface area (Å²) in [6.07, 6.45) is -1.55. The fraction of sp³-hybridized carbons (Fsp3) is 0.318. The molecule has 0 aromatic heterocycles. The number of esters is 1. The van der Waals surface area contributed by atoms with Crippen molar-refractivity contribution < 1.29 is 39.5 Å². The Labute approximate surface area is 171 Å². The summed E-state index contributed by atoms with van der Waals surface area (Å²) in [5.41, 5.74) is -2.53. The molecule has 4 N–H and O–H groups in total. The van der Waals surface area contributed by atoms with Crippen molar-refractivity contribution in [2.24, 2.45) is 0 Å². The summed E-state index contributed by atoms with van der Waals surface area (Å²) in [4.78, 5) is 38.7. The summed E-state index contributed by atoms with van der Waals surface area (Å²) in [6.45, 7) is 1.64. The van der Waals surface area contributed by atoms with Gasteiger partial charge in [-0.1, -0.05) is 19.1 Å². The maximum absolute atomic E-state index is 13.1. The molecular formula is C22H20O8. The molecule has 2 aliphatic rings. The molecule has 2 aromatic carbocycles. The number of aromatic hydroxyl groups is 2. The molecular weight excluding hydrogens is 392 g/mol. The van der Waals surface area contributed by atoms with Gasteiger partial charge in [-0.15, -0.1) is 0 Å². The molecule has 156 valence electrons. The lowest BCUT2D eigenvalue weighted by Gasteiger charge is -2.42. The fourth-order valence-electron chi connectivity index (χ4n) is 4.60. The number of hydrogen-bond donors (Lipinski definition) is 4. The van der Waals surface area contributed by atoms with Crippen LogP contribution in [0.1, 0.15) is 74.8 Å². The van der Waals surface area contributed by atoms with Gasteiger partial charge in [-0.3, -0.25) is 14.4 Å². The summed E-state index contributed by atoms with van der Waals surface area (Å²) in [6, 6.07) is 5.30. The van der Waals surface area contributed by atoms with E-state index in [4.69, 9.17) is 4.74 Å². The van der Waals surface area contributed by atoms with Gasteiger partial charge < -0.3 is 25.2 Å². The third-order valence-electron chi connectivity index (χ3n) is 6.14. The number of phenolic OH excluding ortho intramolecular Hbond substituents is 2. The van der Waals surface area contributed by atoms with Gasteiger partial charge in [0.05, 0.1) is 29.9 Å². The second-order valence-corrected chi connectivity index (χ2v) is 7.64. The Kier molecular flexibility index (Phi) is 4.44. The highest BCUT2D eigenvalue weighted by Gasteiger charge is 2.51. The van der Waals surface area contributed by atoms with E-state index in [-0.39, 0.29) is 46.2 Å². The molecule has 8 nitrogen and oxygen atoms in total. The zero-order chi connectivity index (χ0) is 22.0. The zero-order valence-electron chi connectivity index (χ0n) is 16.3. The number of rotatable bonds is 2. The predicted octanol–water partition coefficient (Wildman–Crippen LogP) is 1.71. The number of methoxy groups -OCH3 is 1. The van der Waals surface area contributed by atoms with Crippen molar-refractivity contribution in [3.8, 4) is 11.5 Å². The Hall–Kier alpha value is -3.23. The van der Waals surface area contributed by atoms with Crippen LogP contribution in [0.25, 0.3) is 0 Å². The Morgan fingerprint density at radius 3 is 2.50 bits per heavy atom. The molecule has 30 heavy (non-hydrogen) atoms. The molecule has 2 aliphatic carbocycles. The van der Waals surface area contributed by atoms with Gasteiger partial charge in [0.15, 0.2) is 5.78 Å². The molecule has 3 atom stereocenters. The quantitative estimate of drug-likeness (QED) is 0.466. The average molecular weight is 412 g/mol. The number of ether oxygens (including phenoxy) is 1. The summed E-state index contributed by atoms with van der Waals surface area (Å²) in [5, 5.41) is 42.7. The second kappa shape index (κ2) is 6.65. The number of hydrogen-bond acceptors (Lipinski definition) is 8. The number of aliphatic hydroxyl groups is 2. The molecule has 0 bridgehead atoms. The van der Waals surface area contributed by atoms with Gasteiger partial charge in [-0.2, -0.15) is 0 Å². The third kappa shape index (κ3) is 2.50. The molecule has 0 heterocycles. The van der Waals surface area contributed by atoms with Gasteiger partial charge in [0.1, 0.15) is 17.4 Å². The predicted molar refractivity (Wildman–Crippen MR) is 103 cm³/mol. The number of aliphatic hydroxyl groups excluding tert-OH is 1. The minimum Gasteiger partial charge on any atom is -0.507 e. The van der Waals surface area contributed by atoms with Crippen molar-refractivity contribution in [3.63, 3.8) is 0 Å². The van der Waals surface area contributed by atoms with Crippen LogP contribution >= 0.6 is 0 Å². The van der Waals surface area contributed by atoms with Crippen LogP contribution in [-0.4, -0.2) is 50.7 Å².